The summed E-state index contributed by atoms with van der Waals surface area (Å²) < 4.78 is 2.19. The summed E-state index contributed by atoms with van der Waals surface area (Å²) >= 11 is 5.82. The molecule has 2 aromatic rings. The van der Waals surface area contributed by atoms with Crippen molar-refractivity contribution in [2.45, 2.75) is 6.54 Å². The van der Waals surface area contributed by atoms with Gasteiger partial charge in [-0.15, -0.1) is 0 Å². The van der Waals surface area contributed by atoms with Gasteiger partial charge in [-0.05, 0) is 18.2 Å². The van der Waals surface area contributed by atoms with Crippen molar-refractivity contribution in [1.82, 2.24) is 9.13 Å². The third-order valence-corrected chi connectivity index (χ3v) is 2.81. The Morgan fingerprint density at radius 2 is 2.06 bits per heavy atom. The molecule has 1 heterocycles. The monoisotopic (exact) mass is 252 g/mol. The molecule has 0 amide bonds. The van der Waals surface area contributed by atoms with E-state index in [0.717, 1.165) is 4.57 Å². The molecule has 6 heteroatoms. The maximum Gasteiger partial charge on any atom is 0.331 e. The Labute approximate surface area is 101 Å². The number of hydrogen-bond acceptors (Lipinski definition) is 3. The lowest BCUT2D eigenvalue weighted by molar-refractivity contribution is -0.108. The summed E-state index contributed by atoms with van der Waals surface area (Å²) in [5.74, 6) is 0. The molecule has 0 unspecified atom stereocenters. The molecule has 1 aromatic carbocycles. The number of carbonyl (C=O) groups excluding carboxylic acids is 1. The molecule has 2 rings (SSSR count). The van der Waals surface area contributed by atoms with E-state index < -0.39 is 11.2 Å². The van der Waals surface area contributed by atoms with Gasteiger partial charge in [0.15, 0.2) is 0 Å². The van der Waals surface area contributed by atoms with Gasteiger partial charge in [-0.25, -0.2) is 4.79 Å². The fraction of sp³-hybridized carbons (Fsp3) is 0.182. The number of aryl methyl sites for hydroxylation is 1. The zero-order chi connectivity index (χ0) is 12.6. The first kappa shape index (κ1) is 11.6. The van der Waals surface area contributed by atoms with Crippen molar-refractivity contribution < 1.29 is 4.79 Å². The zero-order valence-electron chi connectivity index (χ0n) is 9.01. The molecule has 0 spiro atoms. The first-order valence-corrected chi connectivity index (χ1v) is 5.27. The van der Waals surface area contributed by atoms with Gasteiger partial charge < -0.3 is 4.79 Å². The molecule has 0 aliphatic heterocycles. The van der Waals surface area contributed by atoms with Crippen molar-refractivity contribution in [1.29, 1.82) is 0 Å². The predicted molar refractivity (Wildman–Crippen MR) is 64.5 cm³/mol. The molecular weight excluding hydrogens is 244 g/mol. The van der Waals surface area contributed by atoms with Crippen molar-refractivity contribution in [2.75, 3.05) is 0 Å². The average molecular weight is 253 g/mol. The van der Waals surface area contributed by atoms with Crippen LogP contribution in [0, 0.1) is 0 Å². The molecule has 0 aliphatic rings. The second kappa shape index (κ2) is 4.18. The summed E-state index contributed by atoms with van der Waals surface area (Å²) in [6.07, 6.45) is 0.518. The van der Waals surface area contributed by atoms with E-state index in [1.807, 2.05) is 0 Å². The summed E-state index contributed by atoms with van der Waals surface area (Å²) in [6, 6.07) is 4.66. The summed E-state index contributed by atoms with van der Waals surface area (Å²) in [7, 11) is 1.53. The second-order valence-corrected chi connectivity index (χ2v) is 4.02. The smallest absolute Gasteiger partial charge is 0.301 e. The Morgan fingerprint density at radius 3 is 2.71 bits per heavy atom. The Hall–Kier alpha value is -1.88. The van der Waals surface area contributed by atoms with E-state index in [4.69, 9.17) is 11.6 Å². The number of aldehydes is 1. The lowest BCUT2D eigenvalue weighted by Crippen LogP contribution is -2.39. The highest BCUT2D eigenvalue weighted by atomic mass is 35.5. The van der Waals surface area contributed by atoms with Crippen LogP contribution < -0.4 is 11.2 Å². The van der Waals surface area contributed by atoms with E-state index in [-0.39, 0.29) is 6.54 Å². The molecule has 0 N–H and O–H groups in total. The summed E-state index contributed by atoms with van der Waals surface area (Å²) in [4.78, 5) is 34.2. The minimum absolute atomic E-state index is 0.246. The number of benzene rings is 1. The molecule has 0 aliphatic carbocycles. The Balaban J connectivity index is 3.00. The van der Waals surface area contributed by atoms with E-state index in [1.54, 1.807) is 18.2 Å². The van der Waals surface area contributed by atoms with Gasteiger partial charge in [0.25, 0.3) is 5.56 Å². The number of nitrogens with zero attached hydrogens (tertiary/aromatic N) is 2. The fourth-order valence-corrected chi connectivity index (χ4v) is 1.88. The van der Waals surface area contributed by atoms with Gasteiger partial charge in [0.05, 0.1) is 17.4 Å². The minimum atomic E-state index is -0.531. The molecule has 88 valence electrons. The van der Waals surface area contributed by atoms with Gasteiger partial charge in [-0.1, -0.05) is 11.6 Å². The van der Waals surface area contributed by atoms with Crippen LogP contribution in [0.2, 0.25) is 5.02 Å². The number of aromatic nitrogens is 2. The Kier molecular flexibility index (Phi) is 2.85. The van der Waals surface area contributed by atoms with Crippen LogP contribution in [0.25, 0.3) is 10.9 Å². The average Bonchev–Trinajstić information content (AvgIpc) is 2.32. The van der Waals surface area contributed by atoms with Crippen molar-refractivity contribution >= 4 is 28.8 Å². The molecule has 0 saturated carbocycles. The highest BCUT2D eigenvalue weighted by Crippen LogP contribution is 2.14. The van der Waals surface area contributed by atoms with Gasteiger partial charge in [0.1, 0.15) is 6.29 Å². The quantitative estimate of drug-likeness (QED) is 0.734. The van der Waals surface area contributed by atoms with Crippen molar-refractivity contribution in [2.24, 2.45) is 7.05 Å². The van der Waals surface area contributed by atoms with Crippen LogP contribution >= 0.6 is 11.6 Å². The second-order valence-electron chi connectivity index (χ2n) is 3.59. The van der Waals surface area contributed by atoms with Gasteiger partial charge in [0, 0.05) is 12.1 Å². The number of rotatable bonds is 2. The predicted octanol–water partition coefficient (Wildman–Crippen LogP) is 0.552. The molecule has 0 fully saturated rings. The molecule has 0 atom stereocenters. The van der Waals surface area contributed by atoms with E-state index in [1.165, 1.54) is 11.6 Å². The SMILES string of the molecule is Cn1c(=O)n(CC=O)c(=O)c2ccc(Cl)cc21. The minimum Gasteiger partial charge on any atom is -0.301 e. The van der Waals surface area contributed by atoms with E-state index in [0.29, 0.717) is 22.2 Å². The van der Waals surface area contributed by atoms with Gasteiger partial charge in [-0.2, -0.15) is 0 Å². The van der Waals surface area contributed by atoms with Crippen molar-refractivity contribution in [3.8, 4) is 0 Å². The molecule has 17 heavy (non-hydrogen) atoms. The molecule has 5 nitrogen and oxygen atoms in total. The molecule has 0 bridgehead atoms. The third-order valence-electron chi connectivity index (χ3n) is 2.57. The van der Waals surface area contributed by atoms with Crippen LogP contribution in [-0.4, -0.2) is 15.4 Å². The molecule has 1 aromatic heterocycles. The normalized spacial score (nSPS) is 10.7. The van der Waals surface area contributed by atoms with Gasteiger partial charge in [0.2, 0.25) is 0 Å². The van der Waals surface area contributed by atoms with E-state index in [9.17, 15) is 14.4 Å². The Morgan fingerprint density at radius 1 is 1.35 bits per heavy atom. The third kappa shape index (κ3) is 1.78. The zero-order valence-corrected chi connectivity index (χ0v) is 9.77. The van der Waals surface area contributed by atoms with Crippen LogP contribution in [0.4, 0.5) is 0 Å². The van der Waals surface area contributed by atoms with Gasteiger partial charge >= 0.3 is 5.69 Å². The lowest BCUT2D eigenvalue weighted by atomic mass is 10.2. The maximum absolute atomic E-state index is 12.0. The van der Waals surface area contributed by atoms with E-state index in [2.05, 4.69) is 0 Å². The van der Waals surface area contributed by atoms with Crippen molar-refractivity contribution in [3.63, 3.8) is 0 Å². The van der Waals surface area contributed by atoms with Crippen molar-refractivity contribution in [3.05, 3.63) is 44.1 Å². The molecular formula is C11H9ClN2O3. The van der Waals surface area contributed by atoms with Crippen LogP contribution in [-0.2, 0) is 18.4 Å². The van der Waals surface area contributed by atoms with E-state index >= 15 is 0 Å². The first-order chi connectivity index (χ1) is 8.06. The molecule has 0 radical (unpaired) electrons. The fourth-order valence-electron chi connectivity index (χ4n) is 1.72. The Bertz CT molecular complexity index is 715. The number of hydrogen-bond donors (Lipinski definition) is 0. The standard InChI is InChI=1S/C11H9ClN2O3/c1-13-9-6-7(12)2-3-8(9)10(16)14(4-5-15)11(13)17/h2-3,5-6H,4H2,1H3. The topological polar surface area (TPSA) is 61.1 Å². The van der Waals surface area contributed by atoms with Crippen LogP contribution in [0.5, 0.6) is 0 Å². The van der Waals surface area contributed by atoms with Gasteiger partial charge in [-0.3, -0.25) is 13.9 Å². The highest BCUT2D eigenvalue weighted by molar-refractivity contribution is 6.31. The molecule has 0 saturated heterocycles. The maximum atomic E-state index is 12.0. The highest BCUT2D eigenvalue weighted by Gasteiger charge is 2.10. The van der Waals surface area contributed by atoms with Crippen LogP contribution in [0.3, 0.4) is 0 Å². The van der Waals surface area contributed by atoms with Crippen LogP contribution in [0.15, 0.2) is 27.8 Å². The summed E-state index contributed by atoms with van der Waals surface area (Å²) in [5, 5.41) is 0.804. The number of fused-ring (bicyclic) bond motifs is 1. The number of carbonyl (C=O) groups is 1. The van der Waals surface area contributed by atoms with Crippen LogP contribution in [0.1, 0.15) is 0 Å². The number of halogens is 1. The lowest BCUT2D eigenvalue weighted by Gasteiger charge is -2.08. The summed E-state index contributed by atoms with van der Waals surface area (Å²) in [6.45, 7) is -0.246. The summed E-state index contributed by atoms with van der Waals surface area (Å²) in [5.41, 5.74) is -0.557. The largest absolute Gasteiger partial charge is 0.331 e. The first-order valence-electron chi connectivity index (χ1n) is 4.89.